The van der Waals surface area contributed by atoms with E-state index in [0.29, 0.717) is 22.2 Å². The van der Waals surface area contributed by atoms with Crippen LogP contribution in [0.1, 0.15) is 6.42 Å². The van der Waals surface area contributed by atoms with Crippen molar-refractivity contribution in [3.63, 3.8) is 0 Å². The molecule has 0 bridgehead atoms. The van der Waals surface area contributed by atoms with Crippen LogP contribution in [0.2, 0.25) is 5.02 Å². The molecular formula is C12H15ClN2O5S. The van der Waals surface area contributed by atoms with Crippen molar-refractivity contribution in [1.82, 2.24) is 0 Å². The van der Waals surface area contributed by atoms with Crippen LogP contribution in [0.25, 0.3) is 0 Å². The zero-order chi connectivity index (χ0) is 15.8. The SMILES string of the molecule is COc1cc(OC)c(N2CC(S(N)(=O)=O)CC2=O)cc1Cl. The number of ether oxygens (including phenoxy) is 2. The number of nitrogens with zero attached hydrogens (tertiary/aromatic N) is 1. The maximum Gasteiger partial charge on any atom is 0.228 e. The first-order valence-electron chi connectivity index (χ1n) is 6.01. The molecule has 1 unspecified atom stereocenters. The van der Waals surface area contributed by atoms with Crippen molar-refractivity contribution in [3.05, 3.63) is 17.2 Å². The van der Waals surface area contributed by atoms with E-state index in [1.165, 1.54) is 31.3 Å². The Morgan fingerprint density at radius 3 is 2.38 bits per heavy atom. The number of carbonyl (C=O) groups is 1. The lowest BCUT2D eigenvalue weighted by molar-refractivity contribution is -0.117. The van der Waals surface area contributed by atoms with Crippen molar-refractivity contribution < 1.29 is 22.7 Å². The predicted molar refractivity (Wildman–Crippen MR) is 78.4 cm³/mol. The van der Waals surface area contributed by atoms with E-state index < -0.39 is 15.3 Å². The lowest BCUT2D eigenvalue weighted by atomic mass is 10.2. The molecule has 1 amide bonds. The largest absolute Gasteiger partial charge is 0.495 e. The van der Waals surface area contributed by atoms with Crippen LogP contribution in [0.3, 0.4) is 0 Å². The lowest BCUT2D eigenvalue weighted by Crippen LogP contribution is -2.32. The summed E-state index contributed by atoms with van der Waals surface area (Å²) in [5, 5.41) is 4.46. The van der Waals surface area contributed by atoms with Crippen molar-refractivity contribution >= 4 is 33.2 Å². The third-order valence-corrected chi connectivity index (χ3v) is 4.84. The van der Waals surface area contributed by atoms with Crippen molar-refractivity contribution in [2.45, 2.75) is 11.7 Å². The van der Waals surface area contributed by atoms with Gasteiger partial charge in [0, 0.05) is 19.0 Å². The highest BCUT2D eigenvalue weighted by molar-refractivity contribution is 7.89. The molecule has 1 fully saturated rings. The molecule has 0 spiro atoms. The van der Waals surface area contributed by atoms with Crippen molar-refractivity contribution in [1.29, 1.82) is 0 Å². The number of primary sulfonamides is 1. The van der Waals surface area contributed by atoms with Gasteiger partial charge in [-0.25, -0.2) is 13.6 Å². The van der Waals surface area contributed by atoms with Gasteiger partial charge in [0.15, 0.2) is 0 Å². The summed E-state index contributed by atoms with van der Waals surface area (Å²) in [6, 6.07) is 3.04. The highest BCUT2D eigenvalue weighted by Gasteiger charge is 2.38. The fourth-order valence-corrected chi connectivity index (χ4v) is 3.15. The summed E-state index contributed by atoms with van der Waals surface area (Å²) in [6.07, 6.45) is -0.161. The van der Waals surface area contributed by atoms with Crippen LogP contribution in [0, 0.1) is 0 Å². The Morgan fingerprint density at radius 2 is 1.90 bits per heavy atom. The molecule has 0 aromatic heterocycles. The van der Waals surface area contributed by atoms with E-state index in [4.69, 9.17) is 26.2 Å². The number of hydrogen-bond donors (Lipinski definition) is 1. The molecule has 1 saturated heterocycles. The van der Waals surface area contributed by atoms with Crippen molar-refractivity contribution in [3.8, 4) is 11.5 Å². The molecule has 1 aromatic rings. The molecule has 2 rings (SSSR count). The summed E-state index contributed by atoms with van der Waals surface area (Å²) in [4.78, 5) is 13.3. The van der Waals surface area contributed by atoms with E-state index in [2.05, 4.69) is 0 Å². The minimum absolute atomic E-state index is 0.0311. The van der Waals surface area contributed by atoms with Gasteiger partial charge in [0.25, 0.3) is 0 Å². The van der Waals surface area contributed by atoms with Gasteiger partial charge in [-0.1, -0.05) is 11.6 Å². The Labute approximate surface area is 127 Å². The predicted octanol–water partition coefficient (Wildman–Crippen LogP) is 0.751. The van der Waals surface area contributed by atoms with Gasteiger partial charge in [-0.2, -0.15) is 0 Å². The number of carbonyl (C=O) groups excluding carboxylic acids is 1. The molecular weight excluding hydrogens is 320 g/mol. The maximum absolute atomic E-state index is 12.0. The topological polar surface area (TPSA) is 98.9 Å². The van der Waals surface area contributed by atoms with E-state index in [1.54, 1.807) is 0 Å². The summed E-state index contributed by atoms with van der Waals surface area (Å²) in [6.45, 7) is -0.0311. The van der Waals surface area contributed by atoms with Crippen LogP contribution in [-0.4, -0.2) is 40.3 Å². The Hall–Kier alpha value is -1.51. The molecule has 7 nitrogen and oxygen atoms in total. The van der Waals surface area contributed by atoms with Gasteiger partial charge < -0.3 is 14.4 Å². The van der Waals surface area contributed by atoms with E-state index in [0.717, 1.165) is 0 Å². The standard InChI is InChI=1S/C12H15ClN2O5S/c1-19-10-5-11(20-2)9(4-8(10)13)15-6-7(3-12(15)16)21(14,17)18/h4-5,7H,3,6H2,1-2H3,(H2,14,17,18). The quantitative estimate of drug-likeness (QED) is 0.876. The minimum Gasteiger partial charge on any atom is -0.495 e. The number of sulfonamides is 1. The molecule has 1 aromatic carbocycles. The second-order valence-corrected chi connectivity index (χ2v) is 6.83. The van der Waals surface area contributed by atoms with Crippen LogP contribution in [0.15, 0.2) is 12.1 Å². The number of methoxy groups -OCH3 is 2. The van der Waals surface area contributed by atoms with Crippen LogP contribution in [0.5, 0.6) is 11.5 Å². The number of hydrogen-bond acceptors (Lipinski definition) is 5. The zero-order valence-electron chi connectivity index (χ0n) is 11.5. The molecule has 1 atom stereocenters. The van der Waals surface area contributed by atoms with Crippen LogP contribution < -0.4 is 19.5 Å². The number of halogens is 1. The second-order valence-electron chi connectivity index (χ2n) is 4.58. The van der Waals surface area contributed by atoms with Crippen molar-refractivity contribution in [2.75, 3.05) is 25.7 Å². The highest BCUT2D eigenvalue weighted by atomic mass is 35.5. The highest BCUT2D eigenvalue weighted by Crippen LogP contribution is 2.39. The normalized spacial score (nSPS) is 19.0. The number of benzene rings is 1. The second kappa shape index (κ2) is 5.70. The van der Waals surface area contributed by atoms with Gasteiger partial charge in [0.2, 0.25) is 15.9 Å². The number of anilines is 1. The number of amides is 1. The smallest absolute Gasteiger partial charge is 0.228 e. The summed E-state index contributed by atoms with van der Waals surface area (Å²) in [5.74, 6) is 0.403. The Balaban J connectivity index is 2.43. The van der Waals surface area contributed by atoms with Crippen LogP contribution >= 0.6 is 11.6 Å². The number of nitrogens with two attached hydrogens (primary N) is 1. The van der Waals surface area contributed by atoms with E-state index in [9.17, 15) is 13.2 Å². The minimum atomic E-state index is -3.78. The van der Waals surface area contributed by atoms with E-state index in [-0.39, 0.29) is 18.9 Å². The average Bonchev–Trinajstić information content (AvgIpc) is 2.80. The summed E-state index contributed by atoms with van der Waals surface area (Å²) < 4.78 is 33.1. The average molecular weight is 335 g/mol. The van der Waals surface area contributed by atoms with Gasteiger partial charge >= 0.3 is 0 Å². The summed E-state index contributed by atoms with van der Waals surface area (Å²) >= 11 is 6.05. The van der Waals surface area contributed by atoms with Gasteiger partial charge in [-0.15, -0.1) is 0 Å². The Kier molecular flexibility index (Phi) is 4.31. The Morgan fingerprint density at radius 1 is 1.29 bits per heavy atom. The fourth-order valence-electron chi connectivity index (χ4n) is 2.18. The third kappa shape index (κ3) is 3.07. The fraction of sp³-hybridized carbons (Fsp3) is 0.417. The molecule has 116 valence electrons. The number of rotatable bonds is 4. The van der Waals surface area contributed by atoms with Gasteiger partial charge in [-0.05, 0) is 6.07 Å². The summed E-state index contributed by atoms with van der Waals surface area (Å²) in [7, 11) is -0.889. The molecule has 21 heavy (non-hydrogen) atoms. The first kappa shape index (κ1) is 15.9. The molecule has 0 aliphatic carbocycles. The first-order chi connectivity index (χ1) is 9.77. The zero-order valence-corrected chi connectivity index (χ0v) is 13.1. The van der Waals surface area contributed by atoms with Crippen LogP contribution in [-0.2, 0) is 14.8 Å². The summed E-state index contributed by atoms with van der Waals surface area (Å²) in [5.41, 5.74) is 0.388. The van der Waals surface area contributed by atoms with Crippen molar-refractivity contribution in [2.24, 2.45) is 5.14 Å². The third-order valence-electron chi connectivity index (χ3n) is 3.30. The monoisotopic (exact) mass is 334 g/mol. The van der Waals surface area contributed by atoms with E-state index >= 15 is 0 Å². The van der Waals surface area contributed by atoms with Crippen LogP contribution in [0.4, 0.5) is 5.69 Å². The molecule has 1 aliphatic heterocycles. The lowest BCUT2D eigenvalue weighted by Gasteiger charge is -2.20. The van der Waals surface area contributed by atoms with Gasteiger partial charge in [0.05, 0.1) is 24.9 Å². The maximum atomic E-state index is 12.0. The van der Waals surface area contributed by atoms with E-state index in [1.807, 2.05) is 0 Å². The molecule has 0 saturated carbocycles. The van der Waals surface area contributed by atoms with Gasteiger partial charge in [0.1, 0.15) is 16.7 Å². The molecule has 1 heterocycles. The molecule has 9 heteroatoms. The molecule has 1 aliphatic rings. The Bertz CT molecular complexity index is 676. The molecule has 2 N–H and O–H groups in total. The van der Waals surface area contributed by atoms with Gasteiger partial charge in [-0.3, -0.25) is 4.79 Å². The first-order valence-corrected chi connectivity index (χ1v) is 8.00. The molecule has 0 radical (unpaired) electrons.